The van der Waals surface area contributed by atoms with Crippen molar-refractivity contribution in [3.8, 4) is 0 Å². The van der Waals surface area contributed by atoms with Gasteiger partial charge in [0.05, 0.1) is 11.1 Å². The zero-order valence-corrected chi connectivity index (χ0v) is 12.7. The highest BCUT2D eigenvalue weighted by Gasteiger charge is 2.45. The van der Waals surface area contributed by atoms with E-state index in [9.17, 15) is 18.0 Å². The Kier molecular flexibility index (Phi) is 3.30. The molecule has 4 rings (SSSR count). The first-order valence-corrected chi connectivity index (χ1v) is 7.81. The van der Waals surface area contributed by atoms with Crippen molar-refractivity contribution in [3.05, 3.63) is 65.2 Å². The highest BCUT2D eigenvalue weighted by molar-refractivity contribution is 6.02. The van der Waals surface area contributed by atoms with Gasteiger partial charge in [0.1, 0.15) is 6.17 Å². The number of carbonyl (C=O) groups is 1. The molecule has 1 aliphatic carbocycles. The fourth-order valence-electron chi connectivity index (χ4n) is 3.22. The molecule has 1 heterocycles. The number of rotatable bonds is 2. The summed E-state index contributed by atoms with van der Waals surface area (Å²) < 4.78 is 40.2. The third-order valence-corrected chi connectivity index (χ3v) is 4.46. The van der Waals surface area contributed by atoms with Gasteiger partial charge >= 0.3 is 6.18 Å². The van der Waals surface area contributed by atoms with E-state index in [0.717, 1.165) is 18.9 Å². The smallest absolute Gasteiger partial charge is 0.361 e. The van der Waals surface area contributed by atoms with Crippen molar-refractivity contribution >= 4 is 11.6 Å². The quantitative estimate of drug-likeness (QED) is 0.882. The van der Waals surface area contributed by atoms with Gasteiger partial charge in [-0.15, -0.1) is 0 Å². The number of hydrogen-bond acceptors (Lipinski definition) is 2. The molecule has 124 valence electrons. The second-order valence-electron chi connectivity index (χ2n) is 6.12. The van der Waals surface area contributed by atoms with Crippen LogP contribution >= 0.6 is 0 Å². The standard InChI is InChI=1S/C18H15F3N2O/c19-18(20,21)14-7-3-1-5-12(14)16-22-15-8-4-2-6-13(15)17(24)23(16)11-9-10-11/h1-8,11,16,22H,9-10H2/t16-/m0/s1. The summed E-state index contributed by atoms with van der Waals surface area (Å²) >= 11 is 0. The van der Waals surface area contributed by atoms with Gasteiger partial charge in [0.2, 0.25) is 0 Å². The normalized spacial score (nSPS) is 20.5. The molecule has 0 radical (unpaired) electrons. The SMILES string of the molecule is O=C1c2ccccc2N[C@H](c2ccccc2C(F)(F)F)N1C1CC1. The van der Waals surface area contributed by atoms with E-state index >= 15 is 0 Å². The van der Waals surface area contributed by atoms with E-state index in [1.807, 2.05) is 0 Å². The number of anilines is 1. The maximum Gasteiger partial charge on any atom is 0.416 e. The molecule has 0 bridgehead atoms. The lowest BCUT2D eigenvalue weighted by atomic mass is 9.99. The summed E-state index contributed by atoms with van der Waals surface area (Å²) in [5.41, 5.74) is 0.451. The van der Waals surface area contributed by atoms with Crippen LogP contribution in [-0.2, 0) is 6.18 Å². The Balaban J connectivity index is 1.84. The second-order valence-corrected chi connectivity index (χ2v) is 6.12. The molecule has 1 aliphatic heterocycles. The molecule has 1 fully saturated rings. The van der Waals surface area contributed by atoms with E-state index in [2.05, 4.69) is 5.32 Å². The topological polar surface area (TPSA) is 32.3 Å². The highest BCUT2D eigenvalue weighted by Crippen LogP contribution is 2.43. The van der Waals surface area contributed by atoms with E-state index in [-0.39, 0.29) is 17.5 Å². The average molecular weight is 332 g/mol. The number of nitrogens with one attached hydrogen (secondary N) is 1. The summed E-state index contributed by atoms with van der Waals surface area (Å²) in [6.07, 6.45) is -3.63. The molecule has 2 aromatic rings. The molecule has 0 unspecified atom stereocenters. The van der Waals surface area contributed by atoms with Crippen molar-refractivity contribution in [2.75, 3.05) is 5.32 Å². The van der Waals surface area contributed by atoms with E-state index in [4.69, 9.17) is 0 Å². The number of nitrogens with zero attached hydrogens (tertiary/aromatic N) is 1. The van der Waals surface area contributed by atoms with Crippen LogP contribution in [0.15, 0.2) is 48.5 Å². The van der Waals surface area contributed by atoms with Crippen molar-refractivity contribution in [2.45, 2.75) is 31.2 Å². The lowest BCUT2D eigenvalue weighted by Gasteiger charge is -2.39. The Bertz CT molecular complexity index is 799. The van der Waals surface area contributed by atoms with Gasteiger partial charge in [0.25, 0.3) is 5.91 Å². The Hall–Kier alpha value is -2.50. The van der Waals surface area contributed by atoms with Crippen LogP contribution in [0.4, 0.5) is 18.9 Å². The minimum Gasteiger partial charge on any atom is -0.361 e. The van der Waals surface area contributed by atoms with Gasteiger partial charge < -0.3 is 10.2 Å². The minimum absolute atomic E-state index is 0.00959. The van der Waals surface area contributed by atoms with Gasteiger partial charge in [-0.3, -0.25) is 4.79 Å². The maximum atomic E-state index is 13.4. The van der Waals surface area contributed by atoms with Gasteiger partial charge in [-0.2, -0.15) is 13.2 Å². The lowest BCUT2D eigenvalue weighted by Crippen LogP contribution is -2.44. The second kappa shape index (κ2) is 5.26. The van der Waals surface area contributed by atoms with Crippen LogP contribution in [0.25, 0.3) is 0 Å². The van der Waals surface area contributed by atoms with E-state index in [1.54, 1.807) is 35.2 Å². The molecule has 1 atom stereocenters. The molecule has 0 spiro atoms. The summed E-state index contributed by atoms with van der Waals surface area (Å²) in [6, 6.07) is 12.4. The van der Waals surface area contributed by atoms with Crippen LogP contribution in [0, 0.1) is 0 Å². The number of fused-ring (bicyclic) bond motifs is 1. The number of carbonyl (C=O) groups excluding carboxylic acids is 1. The van der Waals surface area contributed by atoms with Crippen LogP contribution in [0.3, 0.4) is 0 Å². The van der Waals surface area contributed by atoms with Crippen molar-refractivity contribution in [1.29, 1.82) is 0 Å². The van der Waals surface area contributed by atoms with Gasteiger partial charge in [-0.05, 0) is 31.0 Å². The minimum atomic E-state index is -4.46. The summed E-state index contributed by atoms with van der Waals surface area (Å²) in [4.78, 5) is 14.4. The molecule has 2 aromatic carbocycles. The van der Waals surface area contributed by atoms with E-state index in [1.165, 1.54) is 12.1 Å². The third kappa shape index (κ3) is 2.42. The molecule has 6 heteroatoms. The lowest BCUT2D eigenvalue weighted by molar-refractivity contribution is -0.138. The molecule has 2 aliphatic rings. The van der Waals surface area contributed by atoms with Crippen LogP contribution in [0.2, 0.25) is 0 Å². The number of halogens is 3. The monoisotopic (exact) mass is 332 g/mol. The van der Waals surface area contributed by atoms with Crippen molar-refractivity contribution in [2.24, 2.45) is 0 Å². The maximum absolute atomic E-state index is 13.4. The van der Waals surface area contributed by atoms with Crippen molar-refractivity contribution < 1.29 is 18.0 Å². The Labute approximate surface area is 137 Å². The highest BCUT2D eigenvalue weighted by atomic mass is 19.4. The molecule has 1 amide bonds. The summed E-state index contributed by atoms with van der Waals surface area (Å²) in [5.74, 6) is -0.214. The number of hydrogen-bond donors (Lipinski definition) is 1. The first-order valence-electron chi connectivity index (χ1n) is 7.81. The Morgan fingerprint density at radius 3 is 2.38 bits per heavy atom. The summed E-state index contributed by atoms with van der Waals surface area (Å²) in [7, 11) is 0. The predicted octanol–water partition coefficient (Wildman–Crippen LogP) is 4.43. The van der Waals surface area contributed by atoms with Gasteiger partial charge in [0.15, 0.2) is 0 Å². The number of benzene rings is 2. The molecule has 1 saturated carbocycles. The van der Waals surface area contributed by atoms with Crippen molar-refractivity contribution in [1.82, 2.24) is 4.90 Å². The fourth-order valence-corrected chi connectivity index (χ4v) is 3.22. The van der Waals surface area contributed by atoms with Crippen LogP contribution in [-0.4, -0.2) is 16.8 Å². The molecule has 0 aromatic heterocycles. The fraction of sp³-hybridized carbons (Fsp3) is 0.278. The van der Waals surface area contributed by atoms with E-state index in [0.29, 0.717) is 11.3 Å². The number of amides is 1. The van der Waals surface area contributed by atoms with E-state index < -0.39 is 17.9 Å². The first kappa shape index (κ1) is 15.1. The predicted molar refractivity (Wildman–Crippen MR) is 83.4 cm³/mol. The molecule has 24 heavy (non-hydrogen) atoms. The number of para-hydroxylation sites is 1. The van der Waals surface area contributed by atoms with Gasteiger partial charge in [-0.25, -0.2) is 0 Å². The summed E-state index contributed by atoms with van der Waals surface area (Å²) in [6.45, 7) is 0. The number of alkyl halides is 3. The zero-order valence-electron chi connectivity index (χ0n) is 12.7. The zero-order chi connectivity index (χ0) is 16.9. The largest absolute Gasteiger partial charge is 0.416 e. The Morgan fingerprint density at radius 1 is 1.00 bits per heavy atom. The van der Waals surface area contributed by atoms with Crippen LogP contribution < -0.4 is 5.32 Å². The van der Waals surface area contributed by atoms with Crippen LogP contribution in [0.5, 0.6) is 0 Å². The third-order valence-electron chi connectivity index (χ3n) is 4.46. The molecule has 1 N–H and O–H groups in total. The molecular formula is C18H15F3N2O. The molecular weight excluding hydrogens is 317 g/mol. The van der Waals surface area contributed by atoms with Crippen molar-refractivity contribution in [3.63, 3.8) is 0 Å². The van der Waals surface area contributed by atoms with Crippen LogP contribution in [0.1, 0.15) is 40.5 Å². The molecule has 3 nitrogen and oxygen atoms in total. The first-order chi connectivity index (χ1) is 11.5. The van der Waals surface area contributed by atoms with Gasteiger partial charge in [0, 0.05) is 17.3 Å². The Morgan fingerprint density at radius 2 is 1.67 bits per heavy atom. The molecule has 0 saturated heterocycles. The average Bonchev–Trinajstić information content (AvgIpc) is 3.39. The summed E-state index contributed by atoms with van der Waals surface area (Å²) in [5, 5.41) is 3.13. The van der Waals surface area contributed by atoms with Gasteiger partial charge in [-0.1, -0.05) is 30.3 Å².